The highest BCUT2D eigenvalue weighted by Crippen LogP contribution is 2.33. The molecule has 1 aromatic carbocycles. The zero-order chi connectivity index (χ0) is 21.1. The van der Waals surface area contributed by atoms with Crippen LogP contribution in [0.1, 0.15) is 74.0 Å². The summed E-state index contributed by atoms with van der Waals surface area (Å²) < 4.78 is 0. The molecule has 6 heteroatoms. The van der Waals surface area contributed by atoms with Crippen LogP contribution in [0, 0.1) is 0 Å². The van der Waals surface area contributed by atoms with Crippen molar-refractivity contribution in [3.05, 3.63) is 34.9 Å². The van der Waals surface area contributed by atoms with Crippen molar-refractivity contribution in [3.8, 4) is 0 Å². The second-order valence-corrected chi connectivity index (χ2v) is 9.07. The van der Waals surface area contributed by atoms with Gasteiger partial charge in [-0.05, 0) is 35.4 Å². The maximum Gasteiger partial charge on any atom is 0.220 e. The van der Waals surface area contributed by atoms with E-state index in [1.165, 1.54) is 5.56 Å². The molecule has 0 aromatic heterocycles. The fourth-order valence-electron chi connectivity index (χ4n) is 5.01. The van der Waals surface area contributed by atoms with Gasteiger partial charge >= 0.3 is 0 Å². The molecule has 2 atom stereocenters. The van der Waals surface area contributed by atoms with Crippen LogP contribution in [0.2, 0.25) is 0 Å². The number of nitrogens with zero attached hydrogens (tertiary/aromatic N) is 1. The Morgan fingerprint density at radius 2 is 1.80 bits per heavy atom. The Bertz CT molecular complexity index is 853. The first-order valence-electron chi connectivity index (χ1n) is 11.1. The van der Waals surface area contributed by atoms with Crippen LogP contribution >= 0.6 is 0 Å². The lowest BCUT2D eigenvalue weighted by Crippen LogP contribution is -2.39. The SMILES string of the molecule is O=C1CCN(Cc2ccc3c(c2)C(CC(=O)NC2CCCC(=O)C2)CC(=O)C3)CC1. The van der Waals surface area contributed by atoms with Crippen molar-refractivity contribution in [2.24, 2.45) is 0 Å². The number of fused-ring (bicyclic) bond motifs is 1. The Kier molecular flexibility index (Phi) is 6.42. The summed E-state index contributed by atoms with van der Waals surface area (Å²) in [5.74, 6) is 0.550. The second-order valence-electron chi connectivity index (χ2n) is 9.07. The first kappa shape index (κ1) is 20.9. The molecule has 3 aliphatic rings. The maximum atomic E-state index is 12.7. The van der Waals surface area contributed by atoms with Crippen molar-refractivity contribution in [2.75, 3.05) is 13.1 Å². The predicted octanol–water partition coefficient (Wildman–Crippen LogP) is 2.47. The van der Waals surface area contributed by atoms with E-state index in [1.807, 2.05) is 6.07 Å². The number of rotatable bonds is 5. The molecule has 4 rings (SSSR count). The van der Waals surface area contributed by atoms with E-state index >= 15 is 0 Å². The fourth-order valence-corrected chi connectivity index (χ4v) is 5.01. The summed E-state index contributed by atoms with van der Waals surface area (Å²) in [6.45, 7) is 2.37. The molecule has 1 aliphatic heterocycles. The summed E-state index contributed by atoms with van der Waals surface area (Å²) in [6, 6.07) is 6.19. The number of hydrogen-bond donors (Lipinski definition) is 1. The number of likely N-dealkylation sites (tertiary alicyclic amines) is 1. The molecule has 2 unspecified atom stereocenters. The molecule has 1 saturated heterocycles. The van der Waals surface area contributed by atoms with Gasteiger partial charge in [0.2, 0.25) is 5.91 Å². The van der Waals surface area contributed by atoms with Crippen LogP contribution in [0.25, 0.3) is 0 Å². The van der Waals surface area contributed by atoms with Crippen LogP contribution in [0.3, 0.4) is 0 Å². The van der Waals surface area contributed by atoms with Crippen LogP contribution in [0.4, 0.5) is 0 Å². The van der Waals surface area contributed by atoms with E-state index < -0.39 is 0 Å². The van der Waals surface area contributed by atoms with E-state index in [9.17, 15) is 19.2 Å². The van der Waals surface area contributed by atoms with E-state index in [2.05, 4.69) is 22.3 Å². The summed E-state index contributed by atoms with van der Waals surface area (Å²) >= 11 is 0. The number of hydrogen-bond acceptors (Lipinski definition) is 5. The Hall–Kier alpha value is -2.34. The van der Waals surface area contributed by atoms with Gasteiger partial charge in [0.25, 0.3) is 0 Å². The van der Waals surface area contributed by atoms with Gasteiger partial charge in [-0.2, -0.15) is 0 Å². The topological polar surface area (TPSA) is 83.6 Å². The number of benzene rings is 1. The Morgan fingerprint density at radius 3 is 2.57 bits per heavy atom. The van der Waals surface area contributed by atoms with Crippen molar-refractivity contribution in [3.63, 3.8) is 0 Å². The number of ketones is 3. The Balaban J connectivity index is 1.43. The molecule has 0 bridgehead atoms. The summed E-state index contributed by atoms with van der Waals surface area (Å²) in [7, 11) is 0. The third-order valence-corrected chi connectivity index (χ3v) is 6.61. The smallest absolute Gasteiger partial charge is 0.220 e. The van der Waals surface area contributed by atoms with Crippen molar-refractivity contribution in [1.29, 1.82) is 0 Å². The number of nitrogens with one attached hydrogen (secondary N) is 1. The Morgan fingerprint density at radius 1 is 1.00 bits per heavy atom. The molecule has 2 fully saturated rings. The summed E-state index contributed by atoms with van der Waals surface area (Å²) in [4.78, 5) is 50.3. The van der Waals surface area contributed by atoms with Crippen LogP contribution in [-0.4, -0.2) is 47.3 Å². The van der Waals surface area contributed by atoms with E-state index in [0.29, 0.717) is 44.3 Å². The first-order chi connectivity index (χ1) is 14.5. The largest absolute Gasteiger partial charge is 0.353 e. The monoisotopic (exact) mass is 410 g/mol. The second kappa shape index (κ2) is 9.21. The van der Waals surface area contributed by atoms with E-state index in [1.54, 1.807) is 0 Å². The van der Waals surface area contributed by atoms with Gasteiger partial charge in [-0.1, -0.05) is 18.2 Å². The zero-order valence-corrected chi connectivity index (χ0v) is 17.5. The zero-order valence-electron chi connectivity index (χ0n) is 17.5. The molecule has 6 nitrogen and oxygen atoms in total. The number of carbonyl (C=O) groups excluding carboxylic acids is 4. The normalized spacial score (nSPS) is 25.1. The predicted molar refractivity (Wildman–Crippen MR) is 112 cm³/mol. The van der Waals surface area contributed by atoms with E-state index in [-0.39, 0.29) is 35.9 Å². The van der Waals surface area contributed by atoms with Gasteiger partial charge in [0.15, 0.2) is 0 Å². The number of amides is 1. The van der Waals surface area contributed by atoms with Gasteiger partial charge in [0.05, 0.1) is 0 Å². The summed E-state index contributed by atoms with van der Waals surface area (Å²) in [5.41, 5.74) is 3.30. The lowest BCUT2D eigenvalue weighted by Gasteiger charge is -2.29. The third-order valence-electron chi connectivity index (χ3n) is 6.61. The van der Waals surface area contributed by atoms with Gasteiger partial charge in [-0.15, -0.1) is 0 Å². The van der Waals surface area contributed by atoms with Crippen molar-refractivity contribution in [2.45, 2.75) is 76.3 Å². The van der Waals surface area contributed by atoms with E-state index in [0.717, 1.165) is 43.6 Å². The molecule has 1 saturated carbocycles. The quantitative estimate of drug-likeness (QED) is 0.806. The van der Waals surface area contributed by atoms with Gasteiger partial charge < -0.3 is 5.32 Å². The highest BCUT2D eigenvalue weighted by atomic mass is 16.2. The molecule has 1 N–H and O–H groups in total. The number of piperidine rings is 1. The van der Waals surface area contributed by atoms with Crippen molar-refractivity contribution >= 4 is 23.3 Å². The average Bonchev–Trinajstić information content (AvgIpc) is 2.70. The molecule has 0 spiro atoms. The van der Waals surface area contributed by atoms with Crippen molar-refractivity contribution in [1.82, 2.24) is 10.2 Å². The maximum absolute atomic E-state index is 12.7. The van der Waals surface area contributed by atoms with Crippen LogP contribution in [-0.2, 0) is 32.1 Å². The molecule has 0 radical (unpaired) electrons. The highest BCUT2D eigenvalue weighted by molar-refractivity contribution is 5.86. The number of carbonyl (C=O) groups is 4. The first-order valence-corrected chi connectivity index (χ1v) is 11.1. The molecule has 160 valence electrons. The molecule has 1 amide bonds. The number of Topliss-reactive ketones (excluding diaryl/α,β-unsaturated/α-hetero) is 3. The van der Waals surface area contributed by atoms with Gasteiger partial charge in [-0.25, -0.2) is 0 Å². The third kappa shape index (κ3) is 5.22. The average molecular weight is 411 g/mol. The van der Waals surface area contributed by atoms with Gasteiger partial charge in [-0.3, -0.25) is 24.1 Å². The molecule has 30 heavy (non-hydrogen) atoms. The molecule has 1 heterocycles. The van der Waals surface area contributed by atoms with Gasteiger partial charge in [0.1, 0.15) is 17.3 Å². The highest BCUT2D eigenvalue weighted by Gasteiger charge is 2.29. The van der Waals surface area contributed by atoms with Gasteiger partial charge in [0, 0.05) is 70.6 Å². The molecule has 2 aliphatic carbocycles. The minimum atomic E-state index is -0.108. The van der Waals surface area contributed by atoms with E-state index in [4.69, 9.17) is 0 Å². The van der Waals surface area contributed by atoms with Crippen molar-refractivity contribution < 1.29 is 19.2 Å². The Labute approximate surface area is 177 Å². The summed E-state index contributed by atoms with van der Waals surface area (Å²) in [5, 5.41) is 3.02. The molecular weight excluding hydrogens is 380 g/mol. The minimum Gasteiger partial charge on any atom is -0.353 e. The van der Waals surface area contributed by atoms with Crippen LogP contribution in [0.15, 0.2) is 18.2 Å². The van der Waals surface area contributed by atoms with Crippen LogP contribution < -0.4 is 5.32 Å². The molecular formula is C24H30N2O4. The molecule has 1 aromatic rings. The minimum absolute atomic E-state index is 0.0642. The lowest BCUT2D eigenvalue weighted by atomic mass is 9.79. The standard InChI is InChI=1S/C24H30N2O4/c27-20-6-8-26(9-7-20)15-16-4-5-17-11-22(29)12-18(23(17)10-16)13-24(30)25-19-2-1-3-21(28)14-19/h4-5,10,18-19H,1-3,6-9,11-15H2,(H,25,30). The fraction of sp³-hybridized carbons (Fsp3) is 0.583. The lowest BCUT2D eigenvalue weighted by molar-refractivity contribution is -0.124. The summed E-state index contributed by atoms with van der Waals surface area (Å²) in [6.07, 6.45) is 5.07. The van der Waals surface area contributed by atoms with Crippen LogP contribution in [0.5, 0.6) is 0 Å².